The average Bonchev–Trinajstić information content (AvgIpc) is 2.72. The van der Waals surface area contributed by atoms with Crippen LogP contribution >= 0.6 is 0 Å². The third kappa shape index (κ3) is 9.20. The average molecular weight is 370 g/mol. The minimum absolute atomic E-state index is 0.316. The lowest BCUT2D eigenvalue weighted by molar-refractivity contribution is 0.139. The van der Waals surface area contributed by atoms with Crippen LogP contribution in [0.5, 0.6) is 0 Å². The van der Waals surface area contributed by atoms with Gasteiger partial charge in [0, 0.05) is 25.5 Å². The zero-order valence-corrected chi connectivity index (χ0v) is 16.3. The van der Waals surface area contributed by atoms with Gasteiger partial charge in [0.2, 0.25) is 0 Å². The standard InChI is InChI=1S/C22H31N3O2/c1-2-25(18-21-13-10-14-23-17-21)16-9-4-3-8-15-24-22(26)27-19-20-11-6-5-7-12-20/h5-7,10-14,17H,2-4,8-9,15-16,18-19H2,1H3,(H,24,26). The first-order chi connectivity index (χ1) is 13.3. The largest absolute Gasteiger partial charge is 0.445 e. The molecule has 5 heteroatoms. The summed E-state index contributed by atoms with van der Waals surface area (Å²) in [5, 5.41) is 2.82. The normalized spacial score (nSPS) is 10.7. The number of hydrogen-bond acceptors (Lipinski definition) is 4. The van der Waals surface area contributed by atoms with Crippen molar-refractivity contribution in [2.24, 2.45) is 0 Å². The maximum absolute atomic E-state index is 11.7. The molecular weight excluding hydrogens is 338 g/mol. The highest BCUT2D eigenvalue weighted by Crippen LogP contribution is 2.06. The molecule has 0 fully saturated rings. The number of carbonyl (C=O) groups is 1. The molecular formula is C22H31N3O2. The Bertz CT molecular complexity index is 635. The third-order valence-electron chi connectivity index (χ3n) is 4.46. The molecule has 0 saturated carbocycles. The highest BCUT2D eigenvalue weighted by atomic mass is 16.5. The quantitative estimate of drug-likeness (QED) is 0.564. The molecule has 1 aromatic carbocycles. The lowest BCUT2D eigenvalue weighted by atomic mass is 10.2. The van der Waals surface area contributed by atoms with E-state index in [0.29, 0.717) is 13.2 Å². The van der Waals surface area contributed by atoms with E-state index in [1.165, 1.54) is 18.4 Å². The van der Waals surface area contributed by atoms with E-state index in [2.05, 4.69) is 28.2 Å². The monoisotopic (exact) mass is 369 g/mol. The second-order valence-electron chi connectivity index (χ2n) is 6.63. The van der Waals surface area contributed by atoms with E-state index in [9.17, 15) is 4.79 Å². The van der Waals surface area contributed by atoms with E-state index in [1.54, 1.807) is 0 Å². The number of aromatic nitrogens is 1. The van der Waals surface area contributed by atoms with Crippen molar-refractivity contribution in [2.75, 3.05) is 19.6 Å². The lowest BCUT2D eigenvalue weighted by Gasteiger charge is -2.20. The van der Waals surface area contributed by atoms with Crippen molar-refractivity contribution in [1.82, 2.24) is 15.2 Å². The van der Waals surface area contributed by atoms with E-state index in [4.69, 9.17) is 4.74 Å². The van der Waals surface area contributed by atoms with Gasteiger partial charge in [-0.25, -0.2) is 4.79 Å². The molecule has 1 heterocycles. The van der Waals surface area contributed by atoms with Gasteiger partial charge in [-0.1, -0.05) is 56.2 Å². The Morgan fingerprint density at radius 1 is 1.04 bits per heavy atom. The maximum Gasteiger partial charge on any atom is 0.407 e. The number of nitrogens with one attached hydrogen (secondary N) is 1. The van der Waals surface area contributed by atoms with Gasteiger partial charge in [-0.15, -0.1) is 0 Å². The summed E-state index contributed by atoms with van der Waals surface area (Å²) in [7, 11) is 0. The molecule has 0 radical (unpaired) electrons. The first-order valence-electron chi connectivity index (χ1n) is 9.83. The predicted octanol–water partition coefficient (Wildman–Crippen LogP) is 4.39. The minimum Gasteiger partial charge on any atom is -0.445 e. The fourth-order valence-electron chi connectivity index (χ4n) is 2.88. The second kappa shape index (κ2) is 12.9. The number of ether oxygens (including phenoxy) is 1. The van der Waals surface area contributed by atoms with Gasteiger partial charge in [0.25, 0.3) is 0 Å². The van der Waals surface area contributed by atoms with Gasteiger partial charge >= 0.3 is 6.09 Å². The number of amides is 1. The van der Waals surface area contributed by atoms with E-state index in [0.717, 1.165) is 38.0 Å². The molecule has 1 aromatic heterocycles. The first-order valence-corrected chi connectivity index (χ1v) is 9.83. The molecule has 0 spiro atoms. The van der Waals surface area contributed by atoms with Crippen molar-refractivity contribution < 1.29 is 9.53 Å². The van der Waals surface area contributed by atoms with Gasteiger partial charge in [0.15, 0.2) is 0 Å². The van der Waals surface area contributed by atoms with Crippen LogP contribution in [0.4, 0.5) is 4.79 Å². The van der Waals surface area contributed by atoms with Crippen LogP contribution in [0.1, 0.15) is 43.7 Å². The Kier molecular flexibility index (Phi) is 9.97. The summed E-state index contributed by atoms with van der Waals surface area (Å²) in [4.78, 5) is 18.3. The van der Waals surface area contributed by atoms with Crippen LogP contribution in [-0.2, 0) is 17.9 Å². The fourth-order valence-corrected chi connectivity index (χ4v) is 2.88. The van der Waals surface area contributed by atoms with Gasteiger partial charge in [0.05, 0.1) is 0 Å². The van der Waals surface area contributed by atoms with E-state index >= 15 is 0 Å². The number of carbonyl (C=O) groups excluding carboxylic acids is 1. The minimum atomic E-state index is -0.340. The molecule has 27 heavy (non-hydrogen) atoms. The molecule has 0 aliphatic carbocycles. The Morgan fingerprint density at radius 3 is 2.56 bits per heavy atom. The van der Waals surface area contributed by atoms with Crippen molar-refractivity contribution in [2.45, 2.75) is 45.8 Å². The van der Waals surface area contributed by atoms with Gasteiger partial charge in [0.1, 0.15) is 6.61 Å². The van der Waals surface area contributed by atoms with Gasteiger partial charge in [-0.05, 0) is 43.1 Å². The van der Waals surface area contributed by atoms with Crippen molar-refractivity contribution >= 4 is 6.09 Å². The molecule has 0 saturated heterocycles. The molecule has 0 bridgehead atoms. The van der Waals surface area contributed by atoms with E-state index < -0.39 is 0 Å². The van der Waals surface area contributed by atoms with Crippen LogP contribution in [0.15, 0.2) is 54.9 Å². The summed E-state index contributed by atoms with van der Waals surface area (Å²) in [6.45, 7) is 6.28. The number of alkyl carbamates (subject to hydrolysis) is 1. The first kappa shape index (κ1) is 20.9. The highest BCUT2D eigenvalue weighted by Gasteiger charge is 2.04. The molecule has 0 unspecified atom stereocenters. The van der Waals surface area contributed by atoms with Gasteiger partial charge in [-0.2, -0.15) is 0 Å². The van der Waals surface area contributed by atoms with Crippen molar-refractivity contribution in [1.29, 1.82) is 0 Å². The maximum atomic E-state index is 11.7. The molecule has 5 nitrogen and oxygen atoms in total. The van der Waals surface area contributed by atoms with Crippen molar-refractivity contribution in [3.05, 3.63) is 66.0 Å². The topological polar surface area (TPSA) is 54.5 Å². The van der Waals surface area contributed by atoms with Crippen LogP contribution in [0.2, 0.25) is 0 Å². The van der Waals surface area contributed by atoms with Crippen LogP contribution in [0.3, 0.4) is 0 Å². The zero-order chi connectivity index (χ0) is 19.2. The Morgan fingerprint density at radius 2 is 1.81 bits per heavy atom. The SMILES string of the molecule is CCN(CCCCCCNC(=O)OCc1ccccc1)Cc1cccnc1. The van der Waals surface area contributed by atoms with Crippen molar-refractivity contribution in [3.63, 3.8) is 0 Å². The number of nitrogens with zero attached hydrogens (tertiary/aromatic N) is 2. The molecule has 2 rings (SSSR count). The summed E-state index contributed by atoms with van der Waals surface area (Å²) < 4.78 is 5.20. The molecule has 0 aliphatic rings. The van der Waals surface area contributed by atoms with Crippen LogP contribution in [0, 0.1) is 0 Å². The fraction of sp³-hybridized carbons (Fsp3) is 0.455. The summed E-state index contributed by atoms with van der Waals surface area (Å²) in [5.74, 6) is 0. The lowest BCUT2D eigenvalue weighted by Crippen LogP contribution is -2.25. The van der Waals surface area contributed by atoms with E-state index in [1.807, 2.05) is 48.8 Å². The van der Waals surface area contributed by atoms with Crippen LogP contribution in [0.25, 0.3) is 0 Å². The molecule has 1 amide bonds. The van der Waals surface area contributed by atoms with Crippen LogP contribution < -0.4 is 5.32 Å². The molecule has 0 aliphatic heterocycles. The molecule has 2 aromatic rings. The number of benzene rings is 1. The number of hydrogen-bond donors (Lipinski definition) is 1. The Hall–Kier alpha value is -2.40. The Labute approximate surface area is 162 Å². The second-order valence-corrected chi connectivity index (χ2v) is 6.63. The highest BCUT2D eigenvalue weighted by molar-refractivity contribution is 5.67. The summed E-state index contributed by atoms with van der Waals surface area (Å²) in [6, 6.07) is 13.8. The summed E-state index contributed by atoms with van der Waals surface area (Å²) in [6.07, 6.45) is 7.85. The molecule has 1 N–H and O–H groups in total. The number of unbranched alkanes of at least 4 members (excludes halogenated alkanes) is 3. The number of pyridine rings is 1. The Balaban J connectivity index is 1.47. The van der Waals surface area contributed by atoms with Crippen LogP contribution in [-0.4, -0.2) is 35.6 Å². The van der Waals surface area contributed by atoms with Gasteiger partial charge < -0.3 is 10.1 Å². The molecule has 0 atom stereocenters. The van der Waals surface area contributed by atoms with Crippen molar-refractivity contribution in [3.8, 4) is 0 Å². The predicted molar refractivity (Wildman–Crippen MR) is 108 cm³/mol. The van der Waals surface area contributed by atoms with E-state index in [-0.39, 0.29) is 6.09 Å². The smallest absolute Gasteiger partial charge is 0.407 e. The zero-order valence-electron chi connectivity index (χ0n) is 16.3. The summed E-state index contributed by atoms with van der Waals surface area (Å²) >= 11 is 0. The number of rotatable bonds is 12. The third-order valence-corrected chi connectivity index (χ3v) is 4.46. The molecule has 146 valence electrons. The van der Waals surface area contributed by atoms with Gasteiger partial charge in [-0.3, -0.25) is 9.88 Å². The summed E-state index contributed by atoms with van der Waals surface area (Å²) in [5.41, 5.74) is 2.26.